The van der Waals surface area contributed by atoms with Crippen LogP contribution in [0.5, 0.6) is 0 Å². The standard InChI is InChI=1S/C14H24N2O3.ClH/c1-19-14(18)10-5-7-16(8-6-10)13(17)11-3-2-4-12(15)9-11;/h10-12H,2-9,15H2,1H3;1H. The van der Waals surface area contributed by atoms with Gasteiger partial charge in [0, 0.05) is 25.0 Å². The average molecular weight is 305 g/mol. The van der Waals surface area contributed by atoms with E-state index in [1.165, 1.54) is 7.11 Å². The Balaban J connectivity index is 0.00000200. The van der Waals surface area contributed by atoms with Gasteiger partial charge in [0.1, 0.15) is 0 Å². The number of hydrogen-bond donors (Lipinski definition) is 1. The Labute approximate surface area is 126 Å². The average Bonchev–Trinajstić information content (AvgIpc) is 2.46. The van der Waals surface area contributed by atoms with Gasteiger partial charge in [0.2, 0.25) is 5.91 Å². The Bertz CT molecular complexity index is 343. The van der Waals surface area contributed by atoms with Crippen LogP contribution in [0.25, 0.3) is 0 Å². The van der Waals surface area contributed by atoms with Gasteiger partial charge < -0.3 is 15.4 Å². The molecule has 2 rings (SSSR count). The normalized spacial score (nSPS) is 27.6. The summed E-state index contributed by atoms with van der Waals surface area (Å²) in [7, 11) is 1.42. The summed E-state index contributed by atoms with van der Waals surface area (Å²) in [6.45, 7) is 1.34. The molecule has 0 bridgehead atoms. The van der Waals surface area contributed by atoms with Gasteiger partial charge in [-0.1, -0.05) is 6.42 Å². The van der Waals surface area contributed by atoms with Crippen LogP contribution < -0.4 is 5.73 Å². The smallest absolute Gasteiger partial charge is 0.308 e. The summed E-state index contributed by atoms with van der Waals surface area (Å²) >= 11 is 0. The van der Waals surface area contributed by atoms with E-state index in [-0.39, 0.29) is 42.2 Å². The summed E-state index contributed by atoms with van der Waals surface area (Å²) < 4.78 is 4.76. The number of likely N-dealkylation sites (tertiary alicyclic amines) is 1. The fraction of sp³-hybridized carbons (Fsp3) is 0.857. The summed E-state index contributed by atoms with van der Waals surface area (Å²) in [6.07, 6.45) is 5.30. The number of nitrogens with zero attached hydrogens (tertiary/aromatic N) is 1. The Hall–Kier alpha value is -0.810. The van der Waals surface area contributed by atoms with Gasteiger partial charge in [-0.2, -0.15) is 0 Å². The number of halogens is 1. The zero-order valence-corrected chi connectivity index (χ0v) is 12.9. The highest BCUT2D eigenvalue weighted by molar-refractivity contribution is 5.85. The molecule has 2 unspecified atom stereocenters. The lowest BCUT2D eigenvalue weighted by Crippen LogP contribution is -2.45. The fourth-order valence-corrected chi connectivity index (χ4v) is 3.21. The van der Waals surface area contributed by atoms with Crippen molar-refractivity contribution in [1.82, 2.24) is 4.90 Å². The highest BCUT2D eigenvalue weighted by atomic mass is 35.5. The van der Waals surface area contributed by atoms with Gasteiger partial charge in [-0.3, -0.25) is 9.59 Å². The number of nitrogens with two attached hydrogens (primary N) is 1. The summed E-state index contributed by atoms with van der Waals surface area (Å²) in [6, 6.07) is 0.176. The molecule has 0 aromatic heterocycles. The molecule has 1 amide bonds. The molecule has 6 heteroatoms. The van der Waals surface area contributed by atoms with Crippen LogP contribution in [0.4, 0.5) is 0 Å². The number of hydrogen-bond acceptors (Lipinski definition) is 4. The highest BCUT2D eigenvalue weighted by Gasteiger charge is 2.32. The summed E-state index contributed by atoms with van der Waals surface area (Å²) in [4.78, 5) is 25.7. The predicted molar refractivity (Wildman–Crippen MR) is 78.5 cm³/mol. The monoisotopic (exact) mass is 304 g/mol. The Morgan fingerprint density at radius 3 is 2.30 bits per heavy atom. The van der Waals surface area contributed by atoms with Gasteiger partial charge >= 0.3 is 5.97 Å². The molecule has 0 aromatic rings. The van der Waals surface area contributed by atoms with Crippen LogP contribution >= 0.6 is 12.4 Å². The zero-order chi connectivity index (χ0) is 13.8. The summed E-state index contributed by atoms with van der Waals surface area (Å²) in [5, 5.41) is 0. The molecular formula is C14H25ClN2O3. The van der Waals surface area contributed by atoms with E-state index < -0.39 is 0 Å². The Morgan fingerprint density at radius 1 is 1.10 bits per heavy atom. The molecule has 1 saturated carbocycles. The zero-order valence-electron chi connectivity index (χ0n) is 12.0. The van der Waals surface area contributed by atoms with Crippen LogP contribution in [0.2, 0.25) is 0 Å². The molecule has 1 aliphatic carbocycles. The van der Waals surface area contributed by atoms with Crippen LogP contribution in [0.3, 0.4) is 0 Å². The number of carbonyl (C=O) groups excluding carboxylic acids is 2. The van der Waals surface area contributed by atoms with Gasteiger partial charge in [-0.25, -0.2) is 0 Å². The number of amides is 1. The van der Waals surface area contributed by atoms with E-state index in [4.69, 9.17) is 10.5 Å². The Morgan fingerprint density at radius 2 is 1.75 bits per heavy atom. The number of esters is 1. The number of ether oxygens (including phenoxy) is 1. The topological polar surface area (TPSA) is 72.6 Å². The van der Waals surface area contributed by atoms with E-state index in [1.807, 2.05) is 4.90 Å². The summed E-state index contributed by atoms with van der Waals surface area (Å²) in [5.41, 5.74) is 5.94. The van der Waals surface area contributed by atoms with Crippen molar-refractivity contribution in [2.75, 3.05) is 20.2 Å². The predicted octanol–water partition coefficient (Wildman–Crippen LogP) is 1.34. The molecule has 0 aromatic carbocycles. The number of rotatable bonds is 2. The van der Waals surface area contributed by atoms with Gasteiger partial charge in [-0.05, 0) is 32.1 Å². The molecule has 2 fully saturated rings. The third-order valence-electron chi connectivity index (χ3n) is 4.41. The fourth-order valence-electron chi connectivity index (χ4n) is 3.21. The molecule has 2 aliphatic rings. The van der Waals surface area contributed by atoms with Crippen molar-refractivity contribution in [3.05, 3.63) is 0 Å². The first-order valence-corrected chi connectivity index (χ1v) is 7.24. The van der Waals surface area contributed by atoms with E-state index in [0.717, 1.165) is 38.5 Å². The van der Waals surface area contributed by atoms with Gasteiger partial charge in [-0.15, -0.1) is 12.4 Å². The van der Waals surface area contributed by atoms with Crippen molar-refractivity contribution in [2.45, 2.75) is 44.6 Å². The van der Waals surface area contributed by atoms with Crippen LogP contribution in [-0.4, -0.2) is 43.0 Å². The van der Waals surface area contributed by atoms with Crippen LogP contribution in [0.15, 0.2) is 0 Å². The van der Waals surface area contributed by atoms with Crippen molar-refractivity contribution >= 4 is 24.3 Å². The second kappa shape index (κ2) is 7.84. The van der Waals surface area contributed by atoms with E-state index in [9.17, 15) is 9.59 Å². The third kappa shape index (κ3) is 4.09. The first kappa shape index (κ1) is 17.2. The van der Waals surface area contributed by atoms with Crippen LogP contribution in [0.1, 0.15) is 38.5 Å². The lowest BCUT2D eigenvalue weighted by Gasteiger charge is -2.35. The van der Waals surface area contributed by atoms with Crippen molar-refractivity contribution in [3.63, 3.8) is 0 Å². The lowest BCUT2D eigenvalue weighted by atomic mass is 9.84. The maximum atomic E-state index is 12.4. The molecule has 1 heterocycles. The maximum Gasteiger partial charge on any atom is 0.308 e. The van der Waals surface area contributed by atoms with Gasteiger partial charge in [0.05, 0.1) is 13.0 Å². The van der Waals surface area contributed by atoms with E-state index >= 15 is 0 Å². The lowest BCUT2D eigenvalue weighted by molar-refractivity contribution is -0.149. The van der Waals surface area contributed by atoms with Crippen molar-refractivity contribution in [2.24, 2.45) is 17.6 Å². The molecular weight excluding hydrogens is 280 g/mol. The van der Waals surface area contributed by atoms with E-state index in [2.05, 4.69) is 0 Å². The molecule has 1 aliphatic heterocycles. The van der Waals surface area contributed by atoms with Crippen molar-refractivity contribution in [1.29, 1.82) is 0 Å². The number of carbonyl (C=O) groups is 2. The quantitative estimate of drug-likeness (QED) is 0.781. The first-order valence-electron chi connectivity index (χ1n) is 7.24. The third-order valence-corrected chi connectivity index (χ3v) is 4.41. The molecule has 2 atom stereocenters. The van der Waals surface area contributed by atoms with Gasteiger partial charge in [0.15, 0.2) is 0 Å². The van der Waals surface area contributed by atoms with Gasteiger partial charge in [0.25, 0.3) is 0 Å². The van der Waals surface area contributed by atoms with Crippen LogP contribution in [-0.2, 0) is 14.3 Å². The minimum atomic E-state index is -0.146. The molecule has 5 nitrogen and oxygen atoms in total. The molecule has 2 N–H and O–H groups in total. The molecule has 0 spiro atoms. The van der Waals surface area contributed by atoms with E-state index in [0.29, 0.717) is 13.1 Å². The van der Waals surface area contributed by atoms with Crippen LogP contribution in [0, 0.1) is 11.8 Å². The second-order valence-electron chi connectivity index (χ2n) is 5.75. The molecule has 116 valence electrons. The minimum absolute atomic E-state index is 0. The molecule has 0 radical (unpaired) electrons. The molecule has 1 saturated heterocycles. The summed E-state index contributed by atoms with van der Waals surface area (Å²) in [5.74, 6) is 0.145. The largest absolute Gasteiger partial charge is 0.469 e. The van der Waals surface area contributed by atoms with Crippen molar-refractivity contribution in [3.8, 4) is 0 Å². The highest BCUT2D eigenvalue weighted by Crippen LogP contribution is 2.27. The van der Waals surface area contributed by atoms with E-state index in [1.54, 1.807) is 0 Å². The SMILES string of the molecule is COC(=O)C1CCN(C(=O)C2CCCC(N)C2)CC1.Cl. The second-order valence-corrected chi connectivity index (χ2v) is 5.75. The van der Waals surface area contributed by atoms with Crippen molar-refractivity contribution < 1.29 is 14.3 Å². The Kier molecular flexibility index (Phi) is 6.76. The molecule has 20 heavy (non-hydrogen) atoms. The minimum Gasteiger partial charge on any atom is -0.469 e. The number of piperidine rings is 1. The maximum absolute atomic E-state index is 12.4. The number of methoxy groups -OCH3 is 1. The first-order chi connectivity index (χ1) is 9.11.